The minimum atomic E-state index is -2.13. The average molecular weight is 294 g/mol. The number of benzene rings is 1. The van der Waals surface area contributed by atoms with Crippen molar-refractivity contribution in [1.82, 2.24) is 4.90 Å². The van der Waals surface area contributed by atoms with Crippen LogP contribution in [0.2, 0.25) is 0 Å². The molecule has 7 heteroatoms. The Morgan fingerprint density at radius 2 is 1.40 bits per heavy atom. The molecule has 2 nitrogen and oxygen atoms in total. The highest BCUT2D eigenvalue weighted by Crippen LogP contribution is 2.28. The molecule has 2 rings (SSSR count). The summed E-state index contributed by atoms with van der Waals surface area (Å²) in [5, 5.41) is 2.46. The fraction of sp³-hybridized carbons (Fsp3) is 0.538. The van der Waals surface area contributed by atoms with Gasteiger partial charge in [-0.15, -0.1) is 0 Å². The molecule has 112 valence electrons. The van der Waals surface area contributed by atoms with Crippen molar-refractivity contribution in [3.05, 3.63) is 29.1 Å². The van der Waals surface area contributed by atoms with Crippen LogP contribution in [-0.4, -0.2) is 31.1 Å². The number of anilines is 1. The summed E-state index contributed by atoms with van der Waals surface area (Å²) in [6, 6.07) is -0.312. The van der Waals surface area contributed by atoms with E-state index in [4.69, 9.17) is 0 Å². The Balaban J connectivity index is 2.25. The van der Waals surface area contributed by atoms with Gasteiger partial charge in [-0.1, -0.05) is 0 Å². The van der Waals surface area contributed by atoms with Gasteiger partial charge in [0.25, 0.3) is 0 Å². The normalized spacial score (nSPS) is 20.8. The fourth-order valence-electron chi connectivity index (χ4n) is 2.32. The van der Waals surface area contributed by atoms with Gasteiger partial charge in [0.05, 0.1) is 0 Å². The molecule has 1 fully saturated rings. The third-order valence-corrected chi connectivity index (χ3v) is 3.51. The third-order valence-electron chi connectivity index (χ3n) is 3.51. The van der Waals surface area contributed by atoms with E-state index in [9.17, 15) is 22.0 Å². The molecule has 1 unspecified atom stereocenters. The lowest BCUT2D eigenvalue weighted by Gasteiger charge is -2.19. The molecule has 0 saturated carbocycles. The summed E-state index contributed by atoms with van der Waals surface area (Å²) in [6.45, 7) is 1.54. The monoisotopic (exact) mass is 294 g/mol. The molecule has 20 heavy (non-hydrogen) atoms. The maximum atomic E-state index is 13.5. The Kier molecular flexibility index (Phi) is 4.47. The number of nitrogens with zero attached hydrogens (tertiary/aromatic N) is 1. The molecule has 0 spiro atoms. The van der Waals surface area contributed by atoms with Gasteiger partial charge in [0, 0.05) is 6.04 Å². The highest BCUT2D eigenvalue weighted by Gasteiger charge is 2.27. The second-order valence-corrected chi connectivity index (χ2v) is 5.02. The molecule has 1 atom stereocenters. The van der Waals surface area contributed by atoms with Crippen molar-refractivity contribution in [3.8, 4) is 0 Å². The van der Waals surface area contributed by atoms with E-state index in [1.165, 1.54) is 0 Å². The Morgan fingerprint density at radius 3 is 2.00 bits per heavy atom. The third kappa shape index (κ3) is 2.87. The Bertz CT molecular complexity index is 477. The topological polar surface area (TPSA) is 15.3 Å². The van der Waals surface area contributed by atoms with E-state index >= 15 is 0 Å². The van der Waals surface area contributed by atoms with Crippen LogP contribution in [0.1, 0.15) is 19.3 Å². The minimum Gasteiger partial charge on any atom is -0.377 e. The van der Waals surface area contributed by atoms with E-state index in [0.717, 1.165) is 13.0 Å². The lowest BCUT2D eigenvalue weighted by atomic mass is 10.1. The number of hydrogen-bond acceptors (Lipinski definition) is 2. The van der Waals surface area contributed by atoms with Gasteiger partial charge in [-0.2, -0.15) is 0 Å². The summed E-state index contributed by atoms with van der Waals surface area (Å²) in [5.74, 6) is -9.58. The first-order valence-corrected chi connectivity index (χ1v) is 6.38. The summed E-state index contributed by atoms with van der Waals surface area (Å²) in [5.41, 5.74) is -0.934. The molecule has 0 bridgehead atoms. The Morgan fingerprint density at radius 1 is 0.850 bits per heavy atom. The SMILES string of the molecule is CN1CCCC(Nc2c(F)c(F)c(F)c(F)c2F)CC1. The van der Waals surface area contributed by atoms with Crippen LogP contribution >= 0.6 is 0 Å². The molecule has 0 radical (unpaired) electrons. The quantitative estimate of drug-likeness (QED) is 0.511. The van der Waals surface area contributed by atoms with Gasteiger partial charge in [-0.25, -0.2) is 22.0 Å². The van der Waals surface area contributed by atoms with Gasteiger partial charge in [0.2, 0.25) is 5.82 Å². The van der Waals surface area contributed by atoms with Crippen molar-refractivity contribution >= 4 is 5.69 Å². The second-order valence-electron chi connectivity index (χ2n) is 5.02. The highest BCUT2D eigenvalue weighted by molar-refractivity contribution is 5.48. The summed E-state index contributed by atoms with van der Waals surface area (Å²) >= 11 is 0. The van der Waals surface area contributed by atoms with Crippen LogP contribution in [0, 0.1) is 29.1 Å². The van der Waals surface area contributed by atoms with Gasteiger partial charge in [-0.3, -0.25) is 0 Å². The molecular weight excluding hydrogens is 279 g/mol. The molecule has 1 aromatic carbocycles. The first-order chi connectivity index (χ1) is 9.41. The Hall–Kier alpha value is -1.37. The van der Waals surface area contributed by atoms with E-state index in [-0.39, 0.29) is 6.04 Å². The van der Waals surface area contributed by atoms with Crippen molar-refractivity contribution in [1.29, 1.82) is 0 Å². The van der Waals surface area contributed by atoms with E-state index < -0.39 is 34.8 Å². The van der Waals surface area contributed by atoms with Crippen LogP contribution in [0.3, 0.4) is 0 Å². The number of hydrogen-bond donors (Lipinski definition) is 1. The van der Waals surface area contributed by atoms with Gasteiger partial charge in [0.15, 0.2) is 23.3 Å². The number of nitrogens with one attached hydrogen (secondary N) is 1. The maximum Gasteiger partial charge on any atom is 0.200 e. The van der Waals surface area contributed by atoms with Crippen molar-refractivity contribution in [2.45, 2.75) is 25.3 Å². The largest absolute Gasteiger partial charge is 0.377 e. The van der Waals surface area contributed by atoms with E-state index in [1.807, 2.05) is 7.05 Å². The number of halogens is 5. The molecule has 1 aliphatic heterocycles. The molecule has 0 aromatic heterocycles. The van der Waals surface area contributed by atoms with Crippen molar-refractivity contribution in [2.75, 3.05) is 25.5 Å². The average Bonchev–Trinajstić information content (AvgIpc) is 2.64. The van der Waals surface area contributed by atoms with Gasteiger partial charge in [-0.05, 0) is 39.4 Å². The molecule has 1 N–H and O–H groups in total. The summed E-state index contributed by atoms with van der Waals surface area (Å²) < 4.78 is 66.2. The first kappa shape index (κ1) is 15.0. The lowest BCUT2D eigenvalue weighted by Crippen LogP contribution is -2.24. The predicted octanol–water partition coefficient (Wildman–Crippen LogP) is 3.28. The summed E-state index contributed by atoms with van der Waals surface area (Å²) in [7, 11) is 1.92. The molecule has 0 amide bonds. The van der Waals surface area contributed by atoms with Crippen LogP contribution in [0.4, 0.5) is 27.6 Å². The van der Waals surface area contributed by atoms with Crippen LogP contribution < -0.4 is 5.32 Å². The summed E-state index contributed by atoms with van der Waals surface area (Å²) in [6.07, 6.45) is 1.99. The van der Waals surface area contributed by atoms with Crippen molar-refractivity contribution < 1.29 is 22.0 Å². The standard InChI is InChI=1S/C13H15F5N2/c1-20-5-2-3-7(4-6-20)19-13-11(17)9(15)8(14)10(16)12(13)18/h7,19H,2-6H2,1H3. The van der Waals surface area contributed by atoms with Crippen LogP contribution in [0.15, 0.2) is 0 Å². The van der Waals surface area contributed by atoms with Crippen LogP contribution in [-0.2, 0) is 0 Å². The zero-order valence-corrected chi connectivity index (χ0v) is 10.9. The van der Waals surface area contributed by atoms with Crippen LogP contribution in [0.5, 0.6) is 0 Å². The number of rotatable bonds is 2. The van der Waals surface area contributed by atoms with E-state index in [2.05, 4.69) is 10.2 Å². The molecule has 1 saturated heterocycles. The predicted molar refractivity (Wildman–Crippen MR) is 65.0 cm³/mol. The van der Waals surface area contributed by atoms with Crippen LogP contribution in [0.25, 0.3) is 0 Å². The first-order valence-electron chi connectivity index (χ1n) is 6.38. The molecule has 1 aromatic rings. The fourth-order valence-corrected chi connectivity index (χ4v) is 2.32. The highest BCUT2D eigenvalue weighted by atomic mass is 19.2. The molecular formula is C13H15F5N2. The molecule has 1 heterocycles. The smallest absolute Gasteiger partial charge is 0.200 e. The minimum absolute atomic E-state index is 0.312. The molecule has 1 aliphatic rings. The van der Waals surface area contributed by atoms with Gasteiger partial charge >= 0.3 is 0 Å². The van der Waals surface area contributed by atoms with Gasteiger partial charge < -0.3 is 10.2 Å². The van der Waals surface area contributed by atoms with E-state index in [0.29, 0.717) is 19.4 Å². The zero-order chi connectivity index (χ0) is 14.9. The van der Waals surface area contributed by atoms with Crippen molar-refractivity contribution in [2.24, 2.45) is 0 Å². The lowest BCUT2D eigenvalue weighted by molar-refractivity contribution is 0.348. The number of likely N-dealkylation sites (tertiary alicyclic amines) is 1. The summed E-state index contributed by atoms with van der Waals surface area (Å²) in [4.78, 5) is 2.06. The van der Waals surface area contributed by atoms with E-state index in [1.54, 1.807) is 0 Å². The van der Waals surface area contributed by atoms with Gasteiger partial charge in [0.1, 0.15) is 5.69 Å². The Labute approximate surface area is 113 Å². The van der Waals surface area contributed by atoms with Crippen molar-refractivity contribution in [3.63, 3.8) is 0 Å². The molecule has 0 aliphatic carbocycles. The second kappa shape index (κ2) is 5.95. The zero-order valence-electron chi connectivity index (χ0n) is 10.9. The maximum absolute atomic E-state index is 13.5.